The van der Waals surface area contributed by atoms with Gasteiger partial charge in [0.25, 0.3) is 0 Å². The molecule has 0 aliphatic carbocycles. The molecule has 55 heavy (non-hydrogen) atoms. The summed E-state index contributed by atoms with van der Waals surface area (Å²) in [6, 6.07) is 0. The Morgan fingerprint density at radius 3 is 1.91 bits per heavy atom. The molecular weight excluding hydrogens is 731 g/mol. The number of phosphoric acid groups is 1. The Bertz CT molecular complexity index is 1170. The minimum Gasteiger partial charge on any atom is -0.462 e. The van der Waals surface area contributed by atoms with Gasteiger partial charge in [-0.05, 0) is 38.0 Å². The molecule has 0 aromatic heterocycles. The summed E-state index contributed by atoms with van der Waals surface area (Å²) in [5, 5.41) is 48.6. The maximum Gasteiger partial charge on any atom is 0.472 e. The number of esters is 2. The highest BCUT2D eigenvalue weighted by molar-refractivity contribution is 7.47. The van der Waals surface area contributed by atoms with Gasteiger partial charge in [0.1, 0.15) is 12.7 Å². The average molecular weight is 803 g/mol. The first-order chi connectivity index (χ1) is 26.3. The number of aliphatic hydroxyl groups is 5. The lowest BCUT2D eigenvalue weighted by Gasteiger charge is -2.20. The summed E-state index contributed by atoms with van der Waals surface area (Å²) in [6.45, 7) is 4.05. The molecule has 0 rings (SSSR count). The molecule has 318 valence electrons. The Hall–Kier alpha value is -2.45. The number of hydrogen-bond donors (Lipinski definition) is 6. The number of unbranched alkanes of at least 4 members (excludes halogenated alkanes) is 7. The van der Waals surface area contributed by atoms with Gasteiger partial charge in [-0.15, -0.1) is 0 Å². The summed E-state index contributed by atoms with van der Waals surface area (Å²) in [5.74, 6) is -0.484. The van der Waals surface area contributed by atoms with E-state index in [1.807, 2.05) is 19.1 Å². The molecule has 6 N–H and O–H groups in total. The Balaban J connectivity index is 4.71. The van der Waals surface area contributed by atoms with Crippen molar-refractivity contribution in [1.82, 2.24) is 0 Å². The molecule has 0 amide bonds. The molecule has 14 heteroatoms. The molecule has 0 spiro atoms. The van der Waals surface area contributed by atoms with Crippen LogP contribution in [0.5, 0.6) is 0 Å². The highest BCUT2D eigenvalue weighted by Gasteiger charge is 2.27. The number of phosphoric ester groups is 1. The van der Waals surface area contributed by atoms with Gasteiger partial charge in [-0.2, -0.15) is 0 Å². The van der Waals surface area contributed by atoms with Crippen molar-refractivity contribution in [2.45, 2.75) is 154 Å². The number of rotatable bonds is 35. The zero-order valence-corrected chi connectivity index (χ0v) is 34.3. The number of carbonyl (C=O) groups excluding carboxylic acids is 2. The third kappa shape index (κ3) is 33.4. The summed E-state index contributed by atoms with van der Waals surface area (Å²) in [4.78, 5) is 34.9. The summed E-state index contributed by atoms with van der Waals surface area (Å²) in [5.41, 5.74) is 0. The van der Waals surface area contributed by atoms with Gasteiger partial charge in [0.05, 0.1) is 38.1 Å². The van der Waals surface area contributed by atoms with Gasteiger partial charge in [0, 0.05) is 12.8 Å². The van der Waals surface area contributed by atoms with Crippen LogP contribution in [0.3, 0.4) is 0 Å². The molecule has 0 aromatic carbocycles. The van der Waals surface area contributed by atoms with Crippen molar-refractivity contribution in [3.05, 3.63) is 60.8 Å². The van der Waals surface area contributed by atoms with E-state index in [1.165, 1.54) is 38.2 Å². The lowest BCUT2D eigenvalue weighted by Crippen LogP contribution is -2.30. The van der Waals surface area contributed by atoms with Gasteiger partial charge in [0.15, 0.2) is 6.10 Å². The van der Waals surface area contributed by atoms with Gasteiger partial charge < -0.3 is 39.9 Å². The molecule has 2 unspecified atom stereocenters. The smallest absolute Gasteiger partial charge is 0.462 e. The van der Waals surface area contributed by atoms with Crippen LogP contribution >= 0.6 is 7.82 Å². The quantitative estimate of drug-likeness (QED) is 0.0130. The minimum absolute atomic E-state index is 0.0925. The SMILES string of the molecule is CC/C=C\C[C@@H](O)/C=C/C=C/C=C\C=C/[C@H](O)[C@@H](O)CCCC(=O)OC[C@H](COP(=O)(O)OC[C@@H](O)CO)OC(=O)CCCCCCCCCCC(C)CC. The van der Waals surface area contributed by atoms with Crippen LogP contribution in [0, 0.1) is 5.92 Å². The van der Waals surface area contributed by atoms with E-state index in [9.17, 15) is 39.5 Å². The normalized spacial score (nSPS) is 16.9. The fourth-order valence-electron chi connectivity index (χ4n) is 4.96. The predicted molar refractivity (Wildman–Crippen MR) is 214 cm³/mol. The van der Waals surface area contributed by atoms with Crippen LogP contribution in [-0.4, -0.2) is 99.3 Å². The Labute approximate surface area is 329 Å². The van der Waals surface area contributed by atoms with Crippen LogP contribution in [0.25, 0.3) is 0 Å². The van der Waals surface area contributed by atoms with E-state index in [1.54, 1.807) is 42.5 Å². The summed E-state index contributed by atoms with van der Waals surface area (Å²) in [7, 11) is -4.70. The molecule has 0 saturated heterocycles. The summed E-state index contributed by atoms with van der Waals surface area (Å²) < 4.78 is 32.4. The lowest BCUT2D eigenvalue weighted by molar-refractivity contribution is -0.161. The summed E-state index contributed by atoms with van der Waals surface area (Å²) in [6.07, 6.45) is 24.4. The van der Waals surface area contributed by atoms with Crippen molar-refractivity contribution >= 4 is 19.8 Å². The van der Waals surface area contributed by atoms with E-state index >= 15 is 0 Å². The maximum absolute atomic E-state index is 12.6. The van der Waals surface area contributed by atoms with E-state index in [0.29, 0.717) is 12.8 Å². The molecule has 0 aromatic rings. The standard InChI is InChI=1S/C41H71O13P/c1-4-6-17-24-35(43)25-19-14-11-12-15-20-26-38(45)39(46)27-22-29-40(47)51-32-37(33-53-55(49,50)52-31-36(44)30-42)54-41(48)28-21-16-10-8-7-9-13-18-23-34(3)5-2/h6,11-12,14-15,17,19-20,25-26,34-39,42-46H,4-5,7-10,13,16,18,21-24,27-33H2,1-3H3,(H,49,50)/b14-11+,15-12-,17-6-,25-19+,26-20-/t34?,35-,36+,37-,38+,39+/m1/s1. The third-order valence-electron chi connectivity index (χ3n) is 8.57. The van der Waals surface area contributed by atoms with Crippen molar-refractivity contribution in [1.29, 1.82) is 0 Å². The van der Waals surface area contributed by atoms with Crippen molar-refractivity contribution in [2.75, 3.05) is 26.4 Å². The van der Waals surface area contributed by atoms with Crippen LogP contribution in [-0.2, 0) is 32.7 Å². The highest BCUT2D eigenvalue weighted by atomic mass is 31.2. The highest BCUT2D eigenvalue weighted by Crippen LogP contribution is 2.43. The van der Waals surface area contributed by atoms with E-state index in [4.69, 9.17) is 19.1 Å². The van der Waals surface area contributed by atoms with E-state index in [0.717, 1.165) is 38.0 Å². The number of aliphatic hydroxyl groups excluding tert-OH is 5. The second kappa shape index (κ2) is 34.8. The fourth-order valence-corrected chi connectivity index (χ4v) is 5.75. The second-order valence-corrected chi connectivity index (χ2v) is 15.2. The maximum atomic E-state index is 12.6. The first-order valence-corrected chi connectivity index (χ1v) is 21.5. The lowest BCUT2D eigenvalue weighted by atomic mass is 9.99. The average Bonchev–Trinajstić information content (AvgIpc) is 3.16. The van der Waals surface area contributed by atoms with Crippen molar-refractivity contribution in [2.24, 2.45) is 5.92 Å². The van der Waals surface area contributed by atoms with Crippen molar-refractivity contribution in [3.63, 3.8) is 0 Å². The summed E-state index contributed by atoms with van der Waals surface area (Å²) >= 11 is 0. The largest absolute Gasteiger partial charge is 0.472 e. The van der Waals surface area contributed by atoms with Gasteiger partial charge in [-0.1, -0.05) is 139 Å². The molecule has 0 fully saturated rings. The minimum atomic E-state index is -4.70. The van der Waals surface area contributed by atoms with Crippen molar-refractivity contribution < 1.29 is 63.1 Å². The zero-order valence-electron chi connectivity index (χ0n) is 33.4. The third-order valence-corrected chi connectivity index (χ3v) is 9.52. The van der Waals surface area contributed by atoms with Crippen LogP contribution in [0.15, 0.2) is 60.8 Å². The molecule has 0 saturated carbocycles. The molecule has 0 bridgehead atoms. The monoisotopic (exact) mass is 802 g/mol. The Kier molecular flexibility index (Phi) is 33.2. The molecule has 0 aliphatic rings. The van der Waals surface area contributed by atoms with Gasteiger partial charge in [-0.25, -0.2) is 4.57 Å². The molecule has 13 nitrogen and oxygen atoms in total. The zero-order chi connectivity index (χ0) is 41.2. The van der Waals surface area contributed by atoms with E-state index in [2.05, 4.69) is 18.4 Å². The van der Waals surface area contributed by atoms with Crippen LogP contribution in [0.4, 0.5) is 0 Å². The van der Waals surface area contributed by atoms with Crippen LogP contribution in [0.1, 0.15) is 124 Å². The second-order valence-electron chi connectivity index (χ2n) is 13.7. The van der Waals surface area contributed by atoms with Gasteiger partial charge >= 0.3 is 19.8 Å². The topological polar surface area (TPSA) is 210 Å². The van der Waals surface area contributed by atoms with E-state index in [-0.39, 0.29) is 25.7 Å². The molecule has 0 radical (unpaired) electrons. The Morgan fingerprint density at radius 1 is 0.691 bits per heavy atom. The first-order valence-electron chi connectivity index (χ1n) is 20.0. The Morgan fingerprint density at radius 2 is 1.27 bits per heavy atom. The number of ether oxygens (including phenoxy) is 2. The number of carbonyl (C=O) groups is 2. The fraction of sp³-hybridized carbons (Fsp3) is 0.707. The van der Waals surface area contributed by atoms with Crippen molar-refractivity contribution in [3.8, 4) is 0 Å². The predicted octanol–water partition coefficient (Wildman–Crippen LogP) is 6.71. The molecule has 0 heterocycles. The van der Waals surface area contributed by atoms with Gasteiger partial charge in [0.2, 0.25) is 0 Å². The molecule has 7 atom stereocenters. The molecular formula is C41H71O13P. The molecule has 0 aliphatic heterocycles. The number of hydrogen-bond acceptors (Lipinski definition) is 12. The van der Waals surface area contributed by atoms with Crippen LogP contribution in [0.2, 0.25) is 0 Å². The van der Waals surface area contributed by atoms with Crippen LogP contribution < -0.4 is 0 Å². The first kappa shape index (κ1) is 52.6. The van der Waals surface area contributed by atoms with E-state index < -0.39 is 76.7 Å². The van der Waals surface area contributed by atoms with Gasteiger partial charge in [-0.3, -0.25) is 18.6 Å². The number of allylic oxidation sites excluding steroid dienone is 7.